The van der Waals surface area contributed by atoms with Gasteiger partial charge >= 0.3 is 59.1 Å². The first-order valence-electron chi connectivity index (χ1n) is 10.8. The van der Waals surface area contributed by atoms with Crippen LogP contribution in [0.1, 0.15) is 11.4 Å². The SMILES string of the molecule is Cc1cc(-c2ccccc2)c2c(S(=O)(=O)[O-])c(S(=O)(=O)[O-])c3c(-c4ccccc4)cc(C)nc3c2n1.[Na+].[Na+]. The van der Waals surface area contributed by atoms with E-state index < -0.39 is 30.0 Å². The fourth-order valence-electron chi connectivity index (χ4n) is 4.54. The molecule has 0 radical (unpaired) electrons. The van der Waals surface area contributed by atoms with Gasteiger partial charge in [0.2, 0.25) is 0 Å². The van der Waals surface area contributed by atoms with Gasteiger partial charge in [0, 0.05) is 22.2 Å². The Morgan fingerprint density at radius 2 is 0.895 bits per heavy atom. The summed E-state index contributed by atoms with van der Waals surface area (Å²) in [5.41, 5.74) is 2.55. The van der Waals surface area contributed by atoms with Crippen LogP contribution in [0.3, 0.4) is 0 Å². The fraction of sp³-hybridized carbons (Fsp3) is 0.0769. The molecule has 8 nitrogen and oxygen atoms in total. The van der Waals surface area contributed by atoms with Crippen LogP contribution < -0.4 is 59.1 Å². The second kappa shape index (κ2) is 11.4. The Labute approximate surface area is 264 Å². The third-order valence-electron chi connectivity index (χ3n) is 5.85. The molecule has 0 aliphatic heterocycles. The second-order valence-corrected chi connectivity index (χ2v) is 11.0. The molecule has 0 aliphatic rings. The standard InChI is InChI=1S/C26H20N2O6S2.2Na/c1-15-13-19(17-9-5-3-6-10-17)21-23(27-15)24-22(26(36(32,33)34)25(21)35(29,30)31)20(14-16(2)28-24)18-11-7-4-8-12-18;;/h3-14H,1-2H3,(H,29,30,31)(H,32,33,34);;/q;2*+1/p-2. The van der Waals surface area contributed by atoms with Crippen LogP contribution in [-0.2, 0) is 20.2 Å². The number of benzene rings is 3. The zero-order valence-electron chi connectivity index (χ0n) is 21.1. The number of hydrogen-bond donors (Lipinski definition) is 0. The minimum absolute atomic E-state index is 0. The van der Waals surface area contributed by atoms with E-state index >= 15 is 0 Å². The molecule has 0 saturated carbocycles. The largest absolute Gasteiger partial charge is 1.00 e. The maximum atomic E-state index is 12.7. The van der Waals surface area contributed by atoms with E-state index in [1.54, 1.807) is 86.6 Å². The van der Waals surface area contributed by atoms with Gasteiger partial charge in [-0.3, -0.25) is 9.97 Å². The maximum Gasteiger partial charge on any atom is 1.00 e. The predicted molar refractivity (Wildman–Crippen MR) is 133 cm³/mol. The van der Waals surface area contributed by atoms with Crippen LogP contribution in [0.25, 0.3) is 44.1 Å². The van der Waals surface area contributed by atoms with Crippen molar-refractivity contribution >= 4 is 42.0 Å². The van der Waals surface area contributed by atoms with Crippen LogP contribution in [0.2, 0.25) is 0 Å². The fourth-order valence-corrected chi connectivity index (χ4v) is 6.73. The van der Waals surface area contributed by atoms with Gasteiger partial charge in [0.25, 0.3) is 0 Å². The van der Waals surface area contributed by atoms with Gasteiger partial charge in [-0.05, 0) is 48.2 Å². The molecular weight excluding hydrogens is 546 g/mol. The number of fused-ring (bicyclic) bond motifs is 3. The molecule has 2 heterocycles. The zero-order chi connectivity index (χ0) is 25.8. The Kier molecular flexibility index (Phi) is 9.27. The number of nitrogens with zero attached hydrogens (tertiary/aromatic N) is 2. The summed E-state index contributed by atoms with van der Waals surface area (Å²) in [6, 6.07) is 20.2. The minimum Gasteiger partial charge on any atom is -0.744 e. The molecule has 0 amide bonds. The molecule has 0 saturated heterocycles. The topological polar surface area (TPSA) is 140 Å². The molecule has 38 heavy (non-hydrogen) atoms. The van der Waals surface area contributed by atoms with Crippen molar-refractivity contribution in [2.24, 2.45) is 0 Å². The van der Waals surface area contributed by atoms with Crippen molar-refractivity contribution in [3.05, 3.63) is 84.2 Å². The smallest absolute Gasteiger partial charge is 0.744 e. The van der Waals surface area contributed by atoms with Crippen LogP contribution in [-0.4, -0.2) is 35.9 Å². The van der Waals surface area contributed by atoms with Crippen molar-refractivity contribution < 1.29 is 85.1 Å². The molecule has 0 N–H and O–H groups in total. The van der Waals surface area contributed by atoms with Gasteiger partial charge in [-0.15, -0.1) is 0 Å². The van der Waals surface area contributed by atoms with E-state index in [4.69, 9.17) is 0 Å². The summed E-state index contributed by atoms with van der Waals surface area (Å²) in [7, 11) is -11.0. The molecule has 0 atom stereocenters. The van der Waals surface area contributed by atoms with Gasteiger partial charge in [-0.1, -0.05) is 60.7 Å². The third kappa shape index (κ3) is 5.62. The molecule has 5 rings (SSSR count). The van der Waals surface area contributed by atoms with E-state index in [1.807, 2.05) is 0 Å². The molecule has 12 heteroatoms. The van der Waals surface area contributed by atoms with Crippen LogP contribution in [0.5, 0.6) is 0 Å². The van der Waals surface area contributed by atoms with Crippen molar-refractivity contribution in [2.75, 3.05) is 0 Å². The van der Waals surface area contributed by atoms with E-state index in [0.29, 0.717) is 22.5 Å². The maximum absolute atomic E-state index is 12.7. The Morgan fingerprint density at radius 1 is 0.579 bits per heavy atom. The number of rotatable bonds is 4. The summed E-state index contributed by atoms with van der Waals surface area (Å²) in [5, 5.41) is -0.498. The Morgan fingerprint density at radius 3 is 1.18 bits per heavy atom. The summed E-state index contributed by atoms with van der Waals surface area (Å²) >= 11 is 0. The van der Waals surface area contributed by atoms with E-state index in [1.165, 1.54) is 0 Å². The average molecular weight is 565 g/mol. The monoisotopic (exact) mass is 564 g/mol. The summed E-state index contributed by atoms with van der Waals surface area (Å²) in [4.78, 5) is 6.77. The van der Waals surface area contributed by atoms with Crippen molar-refractivity contribution in [2.45, 2.75) is 23.6 Å². The van der Waals surface area contributed by atoms with Crippen molar-refractivity contribution in [3.63, 3.8) is 0 Å². The van der Waals surface area contributed by atoms with Crippen molar-refractivity contribution in [1.82, 2.24) is 9.97 Å². The van der Waals surface area contributed by atoms with Gasteiger partial charge in [0.1, 0.15) is 20.2 Å². The van der Waals surface area contributed by atoms with Crippen LogP contribution in [0.4, 0.5) is 0 Å². The molecule has 3 aromatic carbocycles. The first kappa shape index (κ1) is 30.8. The van der Waals surface area contributed by atoms with Gasteiger partial charge < -0.3 is 9.11 Å². The number of aryl methyl sites for hydroxylation is 2. The zero-order valence-corrected chi connectivity index (χ0v) is 26.7. The molecule has 0 aliphatic carbocycles. The molecule has 0 unspecified atom stereocenters. The van der Waals surface area contributed by atoms with Gasteiger partial charge in [-0.2, -0.15) is 0 Å². The van der Waals surface area contributed by atoms with Crippen molar-refractivity contribution in [1.29, 1.82) is 0 Å². The predicted octanol–water partition coefficient (Wildman–Crippen LogP) is -1.45. The molecule has 2 aromatic heterocycles. The van der Waals surface area contributed by atoms with Crippen molar-refractivity contribution in [3.8, 4) is 22.3 Å². The van der Waals surface area contributed by atoms with Gasteiger partial charge in [-0.25, -0.2) is 16.8 Å². The normalized spacial score (nSPS) is 11.7. The minimum atomic E-state index is -5.48. The number of aromatic nitrogens is 2. The van der Waals surface area contributed by atoms with Gasteiger partial charge in [0.15, 0.2) is 0 Å². The summed E-state index contributed by atoms with van der Waals surface area (Å²) in [6.45, 7) is 3.38. The molecular formula is C26H18N2Na2O6S2. The number of hydrogen-bond acceptors (Lipinski definition) is 8. The quantitative estimate of drug-likeness (QED) is 0.147. The molecule has 182 valence electrons. The van der Waals surface area contributed by atoms with E-state index in [2.05, 4.69) is 9.97 Å². The molecule has 0 spiro atoms. The third-order valence-corrected chi connectivity index (χ3v) is 7.79. The Bertz CT molecular complexity index is 1760. The number of pyridine rings is 2. The van der Waals surface area contributed by atoms with Crippen LogP contribution in [0.15, 0.2) is 82.6 Å². The van der Waals surface area contributed by atoms with Gasteiger partial charge in [0.05, 0.1) is 20.8 Å². The molecule has 0 bridgehead atoms. The second-order valence-electron chi connectivity index (χ2n) is 8.37. The Hall–Kier alpha value is -1.70. The molecule has 0 fully saturated rings. The summed E-state index contributed by atoms with van der Waals surface area (Å²) in [5.74, 6) is 0. The first-order chi connectivity index (χ1) is 17.0. The Balaban J connectivity index is 0.00000200. The van der Waals surface area contributed by atoms with Crippen LogP contribution in [0, 0.1) is 13.8 Å². The average Bonchev–Trinajstić information content (AvgIpc) is 2.82. The molecule has 5 aromatic rings. The van der Waals surface area contributed by atoms with E-state index in [0.717, 1.165) is 0 Å². The van der Waals surface area contributed by atoms with E-state index in [-0.39, 0.29) is 92.0 Å². The summed E-state index contributed by atoms with van der Waals surface area (Å²) < 4.78 is 76.4. The van der Waals surface area contributed by atoms with Crippen LogP contribution >= 0.6 is 0 Å². The van der Waals surface area contributed by atoms with E-state index in [9.17, 15) is 25.9 Å². The summed E-state index contributed by atoms with van der Waals surface area (Å²) in [6.07, 6.45) is 0. The first-order valence-corrected chi connectivity index (χ1v) is 13.6.